The number of carbonyl (C=O) groups is 1. The number of aldehydes is 1. The Bertz CT molecular complexity index is 63.0. The summed E-state index contributed by atoms with van der Waals surface area (Å²) in [7, 11) is 0. The second-order valence-electron chi connectivity index (χ2n) is 2.63. The maximum Gasteiger partial charge on any atom is 0.116 e. The summed E-state index contributed by atoms with van der Waals surface area (Å²) in [6, 6.07) is 0. The molecular formula is C8H16O. The van der Waals surface area contributed by atoms with E-state index in [1.165, 1.54) is 32.6 Å². The molecule has 0 aromatic heterocycles. The first-order valence-corrected chi connectivity index (χ1v) is 3.71. The van der Waals surface area contributed by atoms with Gasteiger partial charge in [0.15, 0.2) is 0 Å². The van der Waals surface area contributed by atoms with Crippen LogP contribution in [0.5, 0.6) is 0 Å². The third-order valence-electron chi connectivity index (χ3n) is 1.64. The van der Waals surface area contributed by atoms with Crippen molar-refractivity contribution in [1.82, 2.24) is 0 Å². The van der Waals surface area contributed by atoms with Crippen LogP contribution in [0.4, 0.5) is 0 Å². The van der Waals surface area contributed by atoms with Gasteiger partial charge >= 0.3 is 0 Å². The lowest BCUT2D eigenvalue weighted by molar-refractivity contribution is -0.106. The van der Waals surface area contributed by atoms with Crippen LogP contribution in [0.1, 0.15) is 39.5 Å². The van der Waals surface area contributed by atoms with Gasteiger partial charge in [0.1, 0.15) is 6.29 Å². The fraction of sp³-hybridized carbons (Fsp3) is 0.875. The Morgan fingerprint density at radius 2 is 1.67 bits per heavy atom. The molecule has 0 aromatic rings. The molecule has 0 bridgehead atoms. The molecule has 0 unspecified atom stereocenters. The molecule has 0 aromatic carbocycles. The molecule has 0 N–H and O–H groups in total. The zero-order chi connectivity index (χ0) is 7.11. The van der Waals surface area contributed by atoms with Crippen LogP contribution < -0.4 is 0 Å². The average Bonchev–Trinajstić information content (AvgIpc) is 2.20. The van der Waals surface area contributed by atoms with Gasteiger partial charge in [0.05, 0.1) is 0 Å². The molecule has 54 valence electrons. The summed E-state index contributed by atoms with van der Waals surface area (Å²) < 4.78 is 0. The SMILES string of the molecule is CC1CCCC1.CC=O. The predicted molar refractivity (Wildman–Crippen MR) is 39.4 cm³/mol. The Hall–Kier alpha value is -0.330. The maximum absolute atomic E-state index is 8.81. The minimum atomic E-state index is 0.750. The summed E-state index contributed by atoms with van der Waals surface area (Å²) in [5.74, 6) is 1.05. The maximum atomic E-state index is 8.81. The number of rotatable bonds is 0. The molecular weight excluding hydrogens is 112 g/mol. The molecule has 0 atom stereocenters. The van der Waals surface area contributed by atoms with E-state index in [9.17, 15) is 0 Å². The van der Waals surface area contributed by atoms with Gasteiger partial charge in [0.2, 0.25) is 0 Å². The number of hydrogen-bond acceptors (Lipinski definition) is 1. The topological polar surface area (TPSA) is 17.1 Å². The van der Waals surface area contributed by atoms with E-state index in [0.717, 1.165) is 12.2 Å². The third kappa shape index (κ3) is 5.54. The van der Waals surface area contributed by atoms with Crippen LogP contribution in [0.3, 0.4) is 0 Å². The lowest BCUT2D eigenvalue weighted by Gasteiger charge is -1.91. The van der Waals surface area contributed by atoms with E-state index in [2.05, 4.69) is 6.92 Å². The zero-order valence-electron chi connectivity index (χ0n) is 6.39. The zero-order valence-corrected chi connectivity index (χ0v) is 6.39. The van der Waals surface area contributed by atoms with Crippen LogP contribution in [-0.2, 0) is 4.79 Å². The monoisotopic (exact) mass is 128 g/mol. The first kappa shape index (κ1) is 8.67. The Morgan fingerprint density at radius 1 is 1.33 bits per heavy atom. The molecule has 1 rings (SSSR count). The van der Waals surface area contributed by atoms with E-state index in [1.807, 2.05) is 0 Å². The molecule has 1 fully saturated rings. The molecule has 0 aliphatic heterocycles. The molecule has 1 heteroatoms. The lowest BCUT2D eigenvalue weighted by Crippen LogP contribution is -1.78. The molecule has 0 saturated heterocycles. The number of hydrogen-bond donors (Lipinski definition) is 0. The van der Waals surface area contributed by atoms with E-state index in [0.29, 0.717) is 0 Å². The highest BCUT2D eigenvalue weighted by Gasteiger charge is 2.07. The molecule has 1 aliphatic carbocycles. The van der Waals surface area contributed by atoms with E-state index < -0.39 is 0 Å². The summed E-state index contributed by atoms with van der Waals surface area (Å²) in [6.45, 7) is 3.78. The molecule has 1 nitrogen and oxygen atoms in total. The summed E-state index contributed by atoms with van der Waals surface area (Å²) in [5, 5.41) is 0. The molecule has 1 saturated carbocycles. The van der Waals surface area contributed by atoms with Crippen LogP contribution in [0.2, 0.25) is 0 Å². The molecule has 0 heterocycles. The Morgan fingerprint density at radius 3 is 1.78 bits per heavy atom. The molecule has 0 radical (unpaired) electrons. The highest BCUT2D eigenvalue weighted by atomic mass is 16.1. The van der Waals surface area contributed by atoms with Gasteiger partial charge in [-0.25, -0.2) is 0 Å². The van der Waals surface area contributed by atoms with Crippen molar-refractivity contribution in [2.45, 2.75) is 39.5 Å². The van der Waals surface area contributed by atoms with Gasteiger partial charge in [-0.15, -0.1) is 0 Å². The average molecular weight is 128 g/mol. The summed E-state index contributed by atoms with van der Waals surface area (Å²) >= 11 is 0. The van der Waals surface area contributed by atoms with E-state index in [4.69, 9.17) is 4.79 Å². The highest BCUT2D eigenvalue weighted by molar-refractivity contribution is 5.44. The van der Waals surface area contributed by atoms with Gasteiger partial charge in [-0.05, 0) is 12.8 Å². The van der Waals surface area contributed by atoms with Crippen molar-refractivity contribution >= 4 is 6.29 Å². The first-order chi connectivity index (χ1) is 4.31. The van der Waals surface area contributed by atoms with Crippen LogP contribution in [0.25, 0.3) is 0 Å². The summed E-state index contributed by atoms with van der Waals surface area (Å²) in [4.78, 5) is 8.81. The smallest absolute Gasteiger partial charge is 0.116 e. The van der Waals surface area contributed by atoms with Crippen LogP contribution in [0.15, 0.2) is 0 Å². The second kappa shape index (κ2) is 5.80. The lowest BCUT2D eigenvalue weighted by atomic mass is 10.2. The van der Waals surface area contributed by atoms with Crippen LogP contribution in [-0.4, -0.2) is 6.29 Å². The standard InChI is InChI=1S/C6H12.C2H4O/c1-6-4-2-3-5-6;1-2-3/h6H,2-5H2,1H3;2H,1H3. The molecule has 0 spiro atoms. The Kier molecular flexibility index (Phi) is 5.59. The summed E-state index contributed by atoms with van der Waals surface area (Å²) in [6.07, 6.45) is 6.70. The van der Waals surface area contributed by atoms with Gasteiger partial charge in [-0.2, -0.15) is 0 Å². The van der Waals surface area contributed by atoms with E-state index in [-0.39, 0.29) is 0 Å². The largest absolute Gasteiger partial charge is 0.304 e. The molecule has 9 heavy (non-hydrogen) atoms. The Balaban J connectivity index is 0.000000187. The van der Waals surface area contributed by atoms with Crippen molar-refractivity contribution in [2.24, 2.45) is 5.92 Å². The fourth-order valence-electron chi connectivity index (χ4n) is 1.13. The number of carbonyl (C=O) groups excluding carboxylic acids is 1. The van der Waals surface area contributed by atoms with Gasteiger partial charge < -0.3 is 4.79 Å². The minimum absolute atomic E-state index is 0.750. The molecule has 0 amide bonds. The predicted octanol–water partition coefficient (Wildman–Crippen LogP) is 2.40. The first-order valence-electron chi connectivity index (χ1n) is 3.71. The fourth-order valence-corrected chi connectivity index (χ4v) is 1.13. The van der Waals surface area contributed by atoms with Crippen molar-refractivity contribution in [3.63, 3.8) is 0 Å². The van der Waals surface area contributed by atoms with E-state index >= 15 is 0 Å². The van der Waals surface area contributed by atoms with Gasteiger partial charge in [-0.3, -0.25) is 0 Å². The van der Waals surface area contributed by atoms with Crippen molar-refractivity contribution in [3.8, 4) is 0 Å². The van der Waals surface area contributed by atoms with Crippen molar-refractivity contribution in [1.29, 1.82) is 0 Å². The van der Waals surface area contributed by atoms with Crippen molar-refractivity contribution in [2.75, 3.05) is 0 Å². The van der Waals surface area contributed by atoms with Gasteiger partial charge in [-0.1, -0.05) is 32.6 Å². The van der Waals surface area contributed by atoms with Crippen LogP contribution in [0, 0.1) is 5.92 Å². The quantitative estimate of drug-likeness (QED) is 0.458. The normalized spacial score (nSPS) is 18.4. The summed E-state index contributed by atoms with van der Waals surface area (Å²) in [5.41, 5.74) is 0. The van der Waals surface area contributed by atoms with E-state index in [1.54, 1.807) is 0 Å². The highest BCUT2D eigenvalue weighted by Crippen LogP contribution is 2.22. The van der Waals surface area contributed by atoms with Crippen molar-refractivity contribution < 1.29 is 4.79 Å². The van der Waals surface area contributed by atoms with Crippen molar-refractivity contribution in [3.05, 3.63) is 0 Å². The Labute approximate surface area is 57.5 Å². The van der Waals surface area contributed by atoms with Gasteiger partial charge in [0, 0.05) is 0 Å². The van der Waals surface area contributed by atoms with Crippen LogP contribution >= 0.6 is 0 Å². The van der Waals surface area contributed by atoms with Gasteiger partial charge in [0.25, 0.3) is 0 Å². The molecule has 1 aliphatic rings. The minimum Gasteiger partial charge on any atom is -0.304 e. The second-order valence-corrected chi connectivity index (χ2v) is 2.63. The third-order valence-corrected chi connectivity index (χ3v) is 1.64.